The van der Waals surface area contributed by atoms with Crippen LogP contribution in [0.5, 0.6) is 0 Å². The van der Waals surface area contributed by atoms with Gasteiger partial charge in [0.05, 0.1) is 6.61 Å². The number of rotatable bonds is 4. The first-order chi connectivity index (χ1) is 6.59. The zero-order chi connectivity index (χ0) is 10.6. The maximum atomic E-state index is 11.2. The van der Waals surface area contributed by atoms with Crippen LogP contribution in [0.15, 0.2) is 12.2 Å². The maximum Gasteiger partial charge on any atom is 0.333 e. The van der Waals surface area contributed by atoms with E-state index < -0.39 is 0 Å². The van der Waals surface area contributed by atoms with Crippen molar-refractivity contribution in [3.05, 3.63) is 12.2 Å². The number of esters is 1. The van der Waals surface area contributed by atoms with Crippen LogP contribution in [0.3, 0.4) is 0 Å². The highest BCUT2D eigenvalue weighted by Crippen LogP contribution is 2.41. The molecule has 0 heterocycles. The van der Waals surface area contributed by atoms with Crippen LogP contribution < -0.4 is 0 Å². The number of carbonyl (C=O) groups is 1. The molecule has 0 aromatic carbocycles. The number of hydrogen-bond donors (Lipinski definition) is 0. The quantitative estimate of drug-likeness (QED) is 0.510. The number of carbonyl (C=O) groups excluding carboxylic acids is 1. The third-order valence-corrected chi connectivity index (χ3v) is 3.27. The van der Waals surface area contributed by atoms with Crippen LogP contribution in [0.25, 0.3) is 0 Å². The highest BCUT2D eigenvalue weighted by atomic mass is 16.5. The van der Waals surface area contributed by atoms with Crippen molar-refractivity contribution in [2.45, 2.75) is 46.0 Å². The second-order valence-corrected chi connectivity index (χ2v) is 4.42. The summed E-state index contributed by atoms with van der Waals surface area (Å²) in [6.45, 7) is 8.02. The summed E-state index contributed by atoms with van der Waals surface area (Å²) in [5, 5.41) is 0. The molecular weight excluding hydrogens is 176 g/mol. The van der Waals surface area contributed by atoms with Crippen molar-refractivity contribution in [1.29, 1.82) is 0 Å². The van der Waals surface area contributed by atoms with Crippen molar-refractivity contribution in [2.24, 2.45) is 5.41 Å². The minimum atomic E-state index is -0.246. The van der Waals surface area contributed by atoms with Gasteiger partial charge in [0, 0.05) is 11.0 Å². The topological polar surface area (TPSA) is 26.3 Å². The molecule has 0 aromatic rings. The third kappa shape index (κ3) is 2.60. The molecule has 0 atom stereocenters. The molecule has 0 unspecified atom stereocenters. The van der Waals surface area contributed by atoms with Gasteiger partial charge < -0.3 is 4.74 Å². The van der Waals surface area contributed by atoms with Gasteiger partial charge in [-0.05, 0) is 26.2 Å². The Hall–Kier alpha value is -0.790. The average Bonchev–Trinajstić information content (AvgIpc) is 2.63. The Morgan fingerprint density at radius 1 is 1.43 bits per heavy atom. The first-order valence-electron chi connectivity index (χ1n) is 5.42. The van der Waals surface area contributed by atoms with E-state index in [0.717, 1.165) is 6.42 Å². The molecule has 1 aliphatic carbocycles. The van der Waals surface area contributed by atoms with Crippen molar-refractivity contribution >= 4 is 5.97 Å². The molecule has 80 valence electrons. The lowest BCUT2D eigenvalue weighted by Gasteiger charge is -2.26. The summed E-state index contributed by atoms with van der Waals surface area (Å²) in [5.41, 5.74) is 0.764. The monoisotopic (exact) mass is 196 g/mol. The molecule has 2 nitrogen and oxygen atoms in total. The van der Waals surface area contributed by atoms with Crippen LogP contribution in [0, 0.1) is 5.41 Å². The van der Waals surface area contributed by atoms with E-state index in [9.17, 15) is 4.79 Å². The first-order valence-corrected chi connectivity index (χ1v) is 5.42. The van der Waals surface area contributed by atoms with E-state index >= 15 is 0 Å². The van der Waals surface area contributed by atoms with E-state index in [2.05, 4.69) is 13.5 Å². The molecular formula is C12H20O2. The molecule has 2 heteroatoms. The molecule has 0 amide bonds. The van der Waals surface area contributed by atoms with Crippen molar-refractivity contribution in [3.8, 4) is 0 Å². The zero-order valence-electron chi connectivity index (χ0n) is 9.27. The molecule has 0 spiro atoms. The smallest absolute Gasteiger partial charge is 0.333 e. The summed E-state index contributed by atoms with van der Waals surface area (Å²) >= 11 is 0. The van der Waals surface area contributed by atoms with Crippen LogP contribution in [0.4, 0.5) is 0 Å². The van der Waals surface area contributed by atoms with Gasteiger partial charge in [-0.2, -0.15) is 0 Å². The highest BCUT2D eigenvalue weighted by Gasteiger charge is 2.33. The van der Waals surface area contributed by atoms with Crippen molar-refractivity contribution in [2.75, 3.05) is 6.61 Å². The van der Waals surface area contributed by atoms with Crippen molar-refractivity contribution < 1.29 is 9.53 Å². The predicted molar refractivity (Wildman–Crippen MR) is 57.0 cm³/mol. The molecule has 0 N–H and O–H groups in total. The number of ether oxygens (including phenoxy) is 1. The lowest BCUT2D eigenvalue weighted by Crippen LogP contribution is -2.24. The zero-order valence-corrected chi connectivity index (χ0v) is 9.27. The summed E-state index contributed by atoms with van der Waals surface area (Å²) in [6.07, 6.45) is 6.06. The van der Waals surface area contributed by atoms with Crippen LogP contribution >= 0.6 is 0 Å². The van der Waals surface area contributed by atoms with Gasteiger partial charge in [-0.15, -0.1) is 0 Å². The second kappa shape index (κ2) is 4.63. The Balaban J connectivity index is 2.42. The van der Waals surface area contributed by atoms with Crippen LogP contribution in [-0.2, 0) is 9.53 Å². The van der Waals surface area contributed by atoms with Gasteiger partial charge in [-0.1, -0.05) is 26.3 Å². The molecule has 0 aromatic heterocycles. The average molecular weight is 196 g/mol. The highest BCUT2D eigenvalue weighted by molar-refractivity contribution is 5.86. The van der Waals surface area contributed by atoms with Gasteiger partial charge in [-0.25, -0.2) is 4.79 Å². The molecule has 0 aliphatic heterocycles. The van der Waals surface area contributed by atoms with E-state index in [1.807, 2.05) is 0 Å². The fraction of sp³-hybridized carbons (Fsp3) is 0.750. The van der Waals surface area contributed by atoms with Gasteiger partial charge in [0.25, 0.3) is 0 Å². The van der Waals surface area contributed by atoms with Gasteiger partial charge in [0.15, 0.2) is 0 Å². The molecule has 14 heavy (non-hydrogen) atoms. The Morgan fingerprint density at radius 2 is 2.00 bits per heavy atom. The first kappa shape index (κ1) is 11.3. The fourth-order valence-corrected chi connectivity index (χ4v) is 2.07. The molecule has 0 bridgehead atoms. The molecule has 1 rings (SSSR count). The van der Waals surface area contributed by atoms with Crippen LogP contribution in [0.1, 0.15) is 46.0 Å². The van der Waals surface area contributed by atoms with Crippen LogP contribution in [-0.4, -0.2) is 12.6 Å². The van der Waals surface area contributed by atoms with Crippen molar-refractivity contribution in [1.82, 2.24) is 0 Å². The summed E-state index contributed by atoms with van der Waals surface area (Å²) in [4.78, 5) is 11.2. The van der Waals surface area contributed by atoms with Gasteiger partial charge in [-0.3, -0.25) is 0 Å². The van der Waals surface area contributed by atoms with E-state index in [1.165, 1.54) is 25.7 Å². The van der Waals surface area contributed by atoms with Crippen molar-refractivity contribution in [3.63, 3.8) is 0 Å². The molecule has 0 radical (unpaired) electrons. The minimum absolute atomic E-state index is 0.246. The SMILES string of the molecule is C=C(C)C(=O)OCC1(CC)CCCC1. The summed E-state index contributed by atoms with van der Waals surface area (Å²) in [7, 11) is 0. The van der Waals surface area contributed by atoms with Gasteiger partial charge in [0.2, 0.25) is 0 Å². The summed E-state index contributed by atoms with van der Waals surface area (Å²) in [5.74, 6) is -0.246. The van der Waals surface area contributed by atoms with Gasteiger partial charge >= 0.3 is 5.97 Å². The Kier molecular flexibility index (Phi) is 3.73. The fourth-order valence-electron chi connectivity index (χ4n) is 2.07. The number of hydrogen-bond acceptors (Lipinski definition) is 2. The third-order valence-electron chi connectivity index (χ3n) is 3.27. The standard InChI is InChI=1S/C12H20O2/c1-4-12(7-5-6-8-12)9-14-11(13)10(2)3/h2,4-9H2,1,3H3. The van der Waals surface area contributed by atoms with E-state index in [-0.39, 0.29) is 11.4 Å². The predicted octanol–water partition coefficient (Wildman–Crippen LogP) is 3.08. The molecule has 1 fully saturated rings. The Labute approximate surface area is 86.3 Å². The summed E-state index contributed by atoms with van der Waals surface area (Å²) in [6, 6.07) is 0. The lowest BCUT2D eigenvalue weighted by atomic mass is 9.84. The normalized spacial score (nSPS) is 19.3. The second-order valence-electron chi connectivity index (χ2n) is 4.42. The van der Waals surface area contributed by atoms with Crippen LogP contribution in [0.2, 0.25) is 0 Å². The molecule has 1 aliphatic rings. The molecule has 0 saturated heterocycles. The maximum absolute atomic E-state index is 11.2. The summed E-state index contributed by atoms with van der Waals surface area (Å²) < 4.78 is 5.24. The van der Waals surface area contributed by atoms with Gasteiger partial charge in [0.1, 0.15) is 0 Å². The van der Waals surface area contributed by atoms with E-state index in [0.29, 0.717) is 12.2 Å². The van der Waals surface area contributed by atoms with E-state index in [4.69, 9.17) is 4.74 Å². The Bertz CT molecular complexity index is 224. The minimum Gasteiger partial charge on any atom is -0.462 e. The molecule has 1 saturated carbocycles. The largest absolute Gasteiger partial charge is 0.462 e. The lowest BCUT2D eigenvalue weighted by molar-refractivity contribution is -0.142. The van der Waals surface area contributed by atoms with E-state index in [1.54, 1.807) is 6.92 Å². The Morgan fingerprint density at radius 3 is 2.43 bits per heavy atom.